The lowest BCUT2D eigenvalue weighted by molar-refractivity contribution is -0.385. The molecule has 11 heteroatoms. The van der Waals surface area contributed by atoms with Crippen molar-refractivity contribution in [2.45, 2.75) is 13.5 Å². The van der Waals surface area contributed by atoms with Gasteiger partial charge in [0, 0.05) is 24.9 Å². The Morgan fingerprint density at radius 2 is 2.00 bits per heavy atom. The molecule has 2 heterocycles. The maximum absolute atomic E-state index is 13.1. The second-order valence-corrected chi connectivity index (χ2v) is 7.87. The fourth-order valence-electron chi connectivity index (χ4n) is 3.61. The molecule has 1 amide bonds. The van der Waals surface area contributed by atoms with Crippen LogP contribution in [0.1, 0.15) is 16.8 Å². The van der Waals surface area contributed by atoms with Crippen molar-refractivity contribution in [1.29, 1.82) is 0 Å². The van der Waals surface area contributed by atoms with E-state index in [0.717, 1.165) is 0 Å². The summed E-state index contributed by atoms with van der Waals surface area (Å²) in [6.07, 6.45) is 3.41. The van der Waals surface area contributed by atoms with Gasteiger partial charge < -0.3 is 14.8 Å². The average Bonchev–Trinajstić information content (AvgIpc) is 3.28. The fourth-order valence-corrected chi connectivity index (χ4v) is 3.91. The molecule has 1 aromatic heterocycles. The van der Waals surface area contributed by atoms with Crippen molar-refractivity contribution in [3.05, 3.63) is 81.3 Å². The third-order valence-electron chi connectivity index (χ3n) is 5.17. The highest BCUT2D eigenvalue weighted by atomic mass is 32.1. The van der Waals surface area contributed by atoms with Gasteiger partial charge in [0.25, 0.3) is 5.91 Å². The Labute approximate surface area is 200 Å². The summed E-state index contributed by atoms with van der Waals surface area (Å²) in [4.78, 5) is 25.2. The van der Waals surface area contributed by atoms with Crippen LogP contribution in [-0.2, 0) is 18.4 Å². The Balaban J connectivity index is 1.59. The van der Waals surface area contributed by atoms with Gasteiger partial charge in [0.1, 0.15) is 18.1 Å². The van der Waals surface area contributed by atoms with Crippen molar-refractivity contribution in [2.75, 3.05) is 12.0 Å². The van der Waals surface area contributed by atoms with E-state index in [9.17, 15) is 14.9 Å². The zero-order valence-corrected chi connectivity index (χ0v) is 19.5. The van der Waals surface area contributed by atoms with E-state index in [0.29, 0.717) is 34.0 Å². The monoisotopic (exact) mass is 479 g/mol. The van der Waals surface area contributed by atoms with Crippen LogP contribution in [-0.4, -0.2) is 32.8 Å². The number of nitro groups is 1. The minimum atomic E-state index is -0.497. The van der Waals surface area contributed by atoms with Gasteiger partial charge in [-0.05, 0) is 49.0 Å². The summed E-state index contributed by atoms with van der Waals surface area (Å²) in [5.41, 5.74) is 2.83. The number of hydrogen-bond donors (Lipinski definition) is 1. The first-order chi connectivity index (χ1) is 16.3. The number of nitrogens with zero attached hydrogens (tertiary/aromatic N) is 4. The number of aryl methyl sites for hydroxylation is 2. The first-order valence-corrected chi connectivity index (χ1v) is 10.6. The summed E-state index contributed by atoms with van der Waals surface area (Å²) in [7, 11) is 3.30. The van der Waals surface area contributed by atoms with Gasteiger partial charge in [-0.3, -0.25) is 19.6 Å². The van der Waals surface area contributed by atoms with Gasteiger partial charge in [0.2, 0.25) is 0 Å². The molecule has 1 aliphatic heterocycles. The van der Waals surface area contributed by atoms with E-state index in [1.165, 1.54) is 24.1 Å². The van der Waals surface area contributed by atoms with Crippen LogP contribution in [0.2, 0.25) is 0 Å². The van der Waals surface area contributed by atoms with Crippen molar-refractivity contribution in [3.63, 3.8) is 0 Å². The van der Waals surface area contributed by atoms with Gasteiger partial charge in [0.05, 0.1) is 23.4 Å². The van der Waals surface area contributed by atoms with Crippen molar-refractivity contribution < 1.29 is 19.2 Å². The molecule has 174 valence electrons. The first-order valence-electron chi connectivity index (χ1n) is 10.2. The Morgan fingerprint density at radius 1 is 1.24 bits per heavy atom. The molecule has 0 radical (unpaired) electrons. The van der Waals surface area contributed by atoms with Crippen molar-refractivity contribution in [1.82, 2.24) is 15.1 Å². The zero-order valence-electron chi connectivity index (χ0n) is 18.6. The van der Waals surface area contributed by atoms with Gasteiger partial charge in [0.15, 0.2) is 10.9 Å². The molecule has 0 saturated carbocycles. The Bertz CT molecular complexity index is 1330. The van der Waals surface area contributed by atoms with E-state index in [1.54, 1.807) is 61.3 Å². The Morgan fingerprint density at radius 3 is 2.68 bits per heavy atom. The number of benzene rings is 2. The topological polar surface area (TPSA) is 112 Å². The lowest BCUT2D eigenvalue weighted by Crippen LogP contribution is -2.30. The number of anilines is 1. The number of amides is 1. The molecule has 3 aromatic rings. The van der Waals surface area contributed by atoms with E-state index >= 15 is 0 Å². The van der Waals surface area contributed by atoms with Crippen LogP contribution < -0.4 is 19.7 Å². The summed E-state index contributed by atoms with van der Waals surface area (Å²) in [5, 5.41) is 18.7. The van der Waals surface area contributed by atoms with Crippen LogP contribution in [0.5, 0.6) is 11.5 Å². The number of thiocarbonyl (C=S) groups is 1. The SMILES string of the molecule is COc1ccc(/C=C2/NC(=S)N(c3cn(C)nc3C)C2=O)cc1COc1ccccc1[N+](=O)[O-]. The summed E-state index contributed by atoms with van der Waals surface area (Å²) >= 11 is 5.38. The number of para-hydroxylation sites is 2. The zero-order chi connectivity index (χ0) is 24.4. The van der Waals surface area contributed by atoms with Crippen LogP contribution in [0.4, 0.5) is 11.4 Å². The van der Waals surface area contributed by atoms with E-state index in [4.69, 9.17) is 21.7 Å². The highest BCUT2D eigenvalue weighted by Crippen LogP contribution is 2.30. The van der Waals surface area contributed by atoms with E-state index in [2.05, 4.69) is 10.4 Å². The van der Waals surface area contributed by atoms with Gasteiger partial charge in [-0.25, -0.2) is 4.90 Å². The van der Waals surface area contributed by atoms with Crippen LogP contribution in [0, 0.1) is 17.0 Å². The summed E-state index contributed by atoms with van der Waals surface area (Å²) in [6, 6.07) is 11.5. The minimum Gasteiger partial charge on any atom is -0.496 e. The third-order valence-corrected chi connectivity index (χ3v) is 5.45. The van der Waals surface area contributed by atoms with Crippen LogP contribution in [0.25, 0.3) is 6.08 Å². The predicted octanol–water partition coefficient (Wildman–Crippen LogP) is 3.49. The van der Waals surface area contributed by atoms with Gasteiger partial charge >= 0.3 is 5.69 Å². The normalized spacial score (nSPS) is 14.4. The second-order valence-electron chi connectivity index (χ2n) is 7.49. The van der Waals surface area contributed by atoms with Crippen molar-refractivity contribution in [2.24, 2.45) is 7.05 Å². The molecule has 0 atom stereocenters. The standard InChI is InChI=1S/C23H21N5O5S/c1-14-19(12-26(2)25-14)27-22(29)17(24-23(27)34)11-15-8-9-20(32-3)16(10-15)13-33-21-7-5-4-6-18(21)28(30)31/h4-12H,13H2,1-3H3,(H,24,34)/b17-11+. The molecule has 0 unspecified atom stereocenters. The number of rotatable bonds is 7. The first kappa shape index (κ1) is 22.9. The molecule has 1 fully saturated rings. The maximum atomic E-state index is 13.1. The average molecular weight is 480 g/mol. The number of nitrogens with one attached hydrogen (secondary N) is 1. The fraction of sp³-hybridized carbons (Fsp3) is 0.174. The summed E-state index contributed by atoms with van der Waals surface area (Å²) < 4.78 is 12.7. The van der Waals surface area contributed by atoms with Crippen molar-refractivity contribution >= 4 is 40.7 Å². The molecule has 0 spiro atoms. The number of carbonyl (C=O) groups is 1. The van der Waals surface area contributed by atoms with Crippen LogP contribution in [0.3, 0.4) is 0 Å². The molecule has 1 aliphatic rings. The third kappa shape index (κ3) is 4.46. The van der Waals surface area contributed by atoms with Crippen LogP contribution in [0.15, 0.2) is 54.4 Å². The summed E-state index contributed by atoms with van der Waals surface area (Å²) in [6.45, 7) is 1.84. The number of aromatic nitrogens is 2. The Hall–Kier alpha value is -4.25. The minimum absolute atomic E-state index is 0.0336. The molecule has 4 rings (SSSR count). The smallest absolute Gasteiger partial charge is 0.310 e. The number of nitro benzene ring substituents is 1. The quantitative estimate of drug-likeness (QED) is 0.237. The molecule has 0 aliphatic carbocycles. The molecule has 1 N–H and O–H groups in total. The molecule has 10 nitrogen and oxygen atoms in total. The molecule has 1 saturated heterocycles. The lowest BCUT2D eigenvalue weighted by atomic mass is 10.1. The van der Waals surface area contributed by atoms with Gasteiger partial charge in [-0.15, -0.1) is 0 Å². The predicted molar refractivity (Wildman–Crippen MR) is 130 cm³/mol. The van der Waals surface area contributed by atoms with Gasteiger partial charge in [-0.1, -0.05) is 18.2 Å². The van der Waals surface area contributed by atoms with Gasteiger partial charge in [-0.2, -0.15) is 5.10 Å². The maximum Gasteiger partial charge on any atom is 0.310 e. The largest absolute Gasteiger partial charge is 0.496 e. The molecule has 34 heavy (non-hydrogen) atoms. The number of methoxy groups -OCH3 is 1. The number of ether oxygens (including phenoxy) is 2. The number of hydrogen-bond acceptors (Lipinski definition) is 7. The van der Waals surface area contributed by atoms with E-state index in [1.807, 2.05) is 0 Å². The second kappa shape index (κ2) is 9.32. The molecular formula is C23H21N5O5S. The summed E-state index contributed by atoms with van der Waals surface area (Å²) in [5.74, 6) is 0.406. The molecule has 2 aromatic carbocycles. The highest BCUT2D eigenvalue weighted by molar-refractivity contribution is 7.80. The molecule has 0 bridgehead atoms. The highest BCUT2D eigenvalue weighted by Gasteiger charge is 2.34. The van der Waals surface area contributed by atoms with E-state index in [-0.39, 0.29) is 29.1 Å². The van der Waals surface area contributed by atoms with E-state index < -0.39 is 4.92 Å². The Kier molecular flexibility index (Phi) is 6.28. The lowest BCUT2D eigenvalue weighted by Gasteiger charge is -2.12. The molecular weight excluding hydrogens is 458 g/mol. The van der Waals surface area contributed by atoms with Crippen LogP contribution >= 0.6 is 12.2 Å². The van der Waals surface area contributed by atoms with Crippen molar-refractivity contribution in [3.8, 4) is 11.5 Å². The number of carbonyl (C=O) groups excluding carboxylic acids is 1.